The first-order chi connectivity index (χ1) is 9.04. The lowest BCUT2D eigenvalue weighted by Crippen LogP contribution is -2.62. The molecule has 1 heterocycles. The predicted octanol–water partition coefficient (Wildman–Crippen LogP) is 1.25. The Labute approximate surface area is 115 Å². The fourth-order valence-corrected chi connectivity index (χ4v) is 2.79. The number of carbonyl (C=O) groups is 1. The van der Waals surface area contributed by atoms with E-state index in [0.717, 1.165) is 12.2 Å². The molecule has 0 saturated carbocycles. The Morgan fingerprint density at radius 3 is 2.53 bits per heavy atom. The first-order valence-corrected chi connectivity index (χ1v) is 6.79. The zero-order valence-electron chi connectivity index (χ0n) is 12.2. The van der Waals surface area contributed by atoms with Crippen molar-refractivity contribution in [2.24, 2.45) is 0 Å². The van der Waals surface area contributed by atoms with Crippen molar-refractivity contribution in [1.29, 1.82) is 0 Å². The molecule has 0 aromatic heterocycles. The molecule has 1 aliphatic rings. The normalized spacial score (nSPS) is 23.9. The molecule has 1 N–H and O–H groups in total. The van der Waals surface area contributed by atoms with Crippen LogP contribution in [-0.4, -0.2) is 50.1 Å². The predicted molar refractivity (Wildman–Crippen MR) is 78.5 cm³/mol. The van der Waals surface area contributed by atoms with Crippen LogP contribution in [0.15, 0.2) is 24.3 Å². The maximum atomic E-state index is 12.4. The first kappa shape index (κ1) is 13.9. The maximum absolute atomic E-state index is 12.4. The van der Waals surface area contributed by atoms with Crippen molar-refractivity contribution in [1.82, 2.24) is 10.2 Å². The van der Waals surface area contributed by atoms with Gasteiger partial charge >= 0.3 is 0 Å². The molecule has 1 saturated heterocycles. The van der Waals surface area contributed by atoms with Crippen LogP contribution in [0.1, 0.15) is 12.5 Å². The molecule has 1 fully saturated rings. The molecule has 2 rings (SSSR count). The van der Waals surface area contributed by atoms with E-state index >= 15 is 0 Å². The third-order valence-electron chi connectivity index (χ3n) is 3.74. The number of nitrogens with one attached hydrogen (secondary N) is 1. The molecule has 1 aromatic rings. The van der Waals surface area contributed by atoms with Gasteiger partial charge in [-0.25, -0.2) is 0 Å². The molecular weight excluding hydrogens is 238 g/mol. The Morgan fingerprint density at radius 2 is 1.95 bits per heavy atom. The van der Waals surface area contributed by atoms with Crippen LogP contribution in [-0.2, 0) is 4.79 Å². The molecule has 104 valence electrons. The largest absolute Gasteiger partial charge is 0.354 e. The van der Waals surface area contributed by atoms with Gasteiger partial charge in [0.1, 0.15) is 6.04 Å². The van der Waals surface area contributed by atoms with E-state index in [4.69, 9.17) is 0 Å². The van der Waals surface area contributed by atoms with E-state index < -0.39 is 0 Å². The minimum absolute atomic E-state index is 0.124. The van der Waals surface area contributed by atoms with Crippen molar-refractivity contribution in [3.05, 3.63) is 29.8 Å². The molecule has 4 heteroatoms. The van der Waals surface area contributed by atoms with Crippen LogP contribution in [0.2, 0.25) is 0 Å². The van der Waals surface area contributed by atoms with Crippen LogP contribution in [0.4, 0.5) is 5.69 Å². The number of carbonyl (C=O) groups excluding carboxylic acids is 1. The molecular formula is C15H23N3O. The second-order valence-corrected chi connectivity index (χ2v) is 5.38. The summed E-state index contributed by atoms with van der Waals surface area (Å²) in [6.07, 6.45) is 0. The van der Waals surface area contributed by atoms with E-state index in [1.807, 2.05) is 19.0 Å². The topological polar surface area (TPSA) is 35.6 Å². The van der Waals surface area contributed by atoms with E-state index in [1.54, 1.807) is 0 Å². The summed E-state index contributed by atoms with van der Waals surface area (Å²) in [6, 6.07) is 8.60. The van der Waals surface area contributed by atoms with Crippen molar-refractivity contribution < 1.29 is 4.79 Å². The molecule has 0 radical (unpaired) electrons. The third kappa shape index (κ3) is 2.73. The van der Waals surface area contributed by atoms with Crippen LogP contribution >= 0.6 is 0 Å². The smallest absolute Gasteiger partial charge is 0.246 e. The number of hydrogen-bond acceptors (Lipinski definition) is 3. The van der Waals surface area contributed by atoms with Crippen LogP contribution in [0.25, 0.3) is 0 Å². The van der Waals surface area contributed by atoms with Crippen molar-refractivity contribution in [3.8, 4) is 0 Å². The van der Waals surface area contributed by atoms with Crippen molar-refractivity contribution in [2.75, 3.05) is 32.1 Å². The van der Waals surface area contributed by atoms with Gasteiger partial charge in [0.25, 0.3) is 0 Å². The highest BCUT2D eigenvalue weighted by atomic mass is 16.2. The number of hydrogen-bond donors (Lipinski definition) is 1. The first-order valence-electron chi connectivity index (χ1n) is 6.79. The molecule has 0 aliphatic carbocycles. The van der Waals surface area contributed by atoms with E-state index in [9.17, 15) is 4.79 Å². The lowest BCUT2D eigenvalue weighted by Gasteiger charge is -2.45. The standard InChI is InChI=1S/C15H23N3O/c1-11-5-7-13(8-6-11)18-12(2)10-17(4)15(19)14(18)9-16-3/h5-8,12,14,16H,9-10H2,1-4H3. The van der Waals surface area contributed by atoms with Gasteiger partial charge in [0.2, 0.25) is 5.91 Å². The van der Waals surface area contributed by atoms with Gasteiger partial charge in [-0.1, -0.05) is 17.7 Å². The van der Waals surface area contributed by atoms with E-state index in [2.05, 4.69) is 48.3 Å². The average molecular weight is 261 g/mol. The number of aryl methyl sites for hydroxylation is 1. The zero-order valence-corrected chi connectivity index (χ0v) is 12.2. The monoisotopic (exact) mass is 261 g/mol. The minimum Gasteiger partial charge on any atom is -0.354 e. The minimum atomic E-state index is -0.124. The van der Waals surface area contributed by atoms with Gasteiger partial charge in [0.05, 0.1) is 0 Å². The number of rotatable bonds is 3. The fourth-order valence-electron chi connectivity index (χ4n) is 2.79. The summed E-state index contributed by atoms with van der Waals surface area (Å²) >= 11 is 0. The van der Waals surface area contributed by atoms with Gasteiger partial charge in [-0.2, -0.15) is 0 Å². The van der Waals surface area contributed by atoms with Crippen molar-refractivity contribution in [2.45, 2.75) is 25.9 Å². The SMILES string of the molecule is CNCC1C(=O)N(C)CC(C)N1c1ccc(C)cc1. The second kappa shape index (κ2) is 5.61. The highest BCUT2D eigenvalue weighted by Crippen LogP contribution is 2.25. The summed E-state index contributed by atoms with van der Waals surface area (Å²) in [7, 11) is 3.77. The number of amides is 1. The van der Waals surface area contributed by atoms with Gasteiger partial charge in [-0.05, 0) is 33.0 Å². The maximum Gasteiger partial charge on any atom is 0.246 e. The van der Waals surface area contributed by atoms with Crippen molar-refractivity contribution in [3.63, 3.8) is 0 Å². The highest BCUT2D eigenvalue weighted by molar-refractivity contribution is 5.87. The highest BCUT2D eigenvalue weighted by Gasteiger charge is 2.36. The molecule has 2 atom stereocenters. The second-order valence-electron chi connectivity index (χ2n) is 5.38. The molecule has 4 nitrogen and oxygen atoms in total. The lowest BCUT2D eigenvalue weighted by molar-refractivity contribution is -0.133. The average Bonchev–Trinajstić information content (AvgIpc) is 2.38. The Morgan fingerprint density at radius 1 is 1.32 bits per heavy atom. The molecule has 0 bridgehead atoms. The summed E-state index contributed by atoms with van der Waals surface area (Å²) in [5.41, 5.74) is 2.36. The Bertz CT molecular complexity index is 443. The molecule has 1 aromatic carbocycles. The third-order valence-corrected chi connectivity index (χ3v) is 3.74. The number of nitrogens with zero attached hydrogens (tertiary/aromatic N) is 2. The summed E-state index contributed by atoms with van der Waals surface area (Å²) in [5.74, 6) is 0.188. The Balaban J connectivity index is 2.33. The molecule has 2 unspecified atom stereocenters. The number of anilines is 1. The fraction of sp³-hybridized carbons (Fsp3) is 0.533. The molecule has 0 spiro atoms. The van der Waals surface area contributed by atoms with Gasteiger partial charge in [-0.15, -0.1) is 0 Å². The van der Waals surface area contributed by atoms with Crippen LogP contribution in [0, 0.1) is 6.92 Å². The van der Waals surface area contributed by atoms with E-state index in [0.29, 0.717) is 12.6 Å². The lowest BCUT2D eigenvalue weighted by atomic mass is 10.0. The van der Waals surface area contributed by atoms with Crippen LogP contribution in [0.3, 0.4) is 0 Å². The summed E-state index contributed by atoms with van der Waals surface area (Å²) < 4.78 is 0. The van der Waals surface area contributed by atoms with Crippen LogP contribution in [0.5, 0.6) is 0 Å². The summed E-state index contributed by atoms with van der Waals surface area (Å²) in [6.45, 7) is 5.69. The zero-order chi connectivity index (χ0) is 14.0. The Kier molecular flexibility index (Phi) is 4.10. The quantitative estimate of drug-likeness (QED) is 0.889. The number of piperazine rings is 1. The van der Waals surface area contributed by atoms with Gasteiger partial charge in [0.15, 0.2) is 0 Å². The van der Waals surface area contributed by atoms with E-state index in [1.165, 1.54) is 5.56 Å². The molecule has 19 heavy (non-hydrogen) atoms. The van der Waals surface area contributed by atoms with Gasteiger partial charge in [0, 0.05) is 31.9 Å². The number of benzene rings is 1. The van der Waals surface area contributed by atoms with Gasteiger partial charge in [-0.3, -0.25) is 4.79 Å². The van der Waals surface area contributed by atoms with Crippen LogP contribution < -0.4 is 10.2 Å². The Hall–Kier alpha value is -1.55. The number of likely N-dealkylation sites (N-methyl/N-ethyl adjacent to an activating group) is 2. The van der Waals surface area contributed by atoms with Crippen molar-refractivity contribution >= 4 is 11.6 Å². The molecule has 1 amide bonds. The molecule has 1 aliphatic heterocycles. The van der Waals surface area contributed by atoms with E-state index in [-0.39, 0.29) is 11.9 Å². The summed E-state index contributed by atoms with van der Waals surface area (Å²) in [4.78, 5) is 16.4. The summed E-state index contributed by atoms with van der Waals surface area (Å²) in [5, 5.41) is 3.13. The van der Waals surface area contributed by atoms with Gasteiger partial charge < -0.3 is 15.1 Å².